The molecule has 0 fully saturated rings. The molecule has 1 N–H and O–H groups in total. The molecular weight excluding hydrogens is 216 g/mol. The summed E-state index contributed by atoms with van der Waals surface area (Å²) < 4.78 is 29.5. The Hall–Kier alpha value is -1.14. The van der Waals surface area contributed by atoms with Gasteiger partial charge in [0.2, 0.25) is 0 Å². The SMILES string of the molecule is CN(CCCS(=O)(=O)O)c1ccncc1. The lowest BCUT2D eigenvalue weighted by molar-refractivity contribution is 0.481. The van der Waals surface area contributed by atoms with Crippen LogP contribution in [0, 0.1) is 0 Å². The van der Waals surface area contributed by atoms with Crippen LogP contribution in [0.1, 0.15) is 6.42 Å². The van der Waals surface area contributed by atoms with E-state index in [0.717, 1.165) is 5.69 Å². The monoisotopic (exact) mass is 230 g/mol. The Morgan fingerprint density at radius 1 is 1.40 bits per heavy atom. The van der Waals surface area contributed by atoms with E-state index in [2.05, 4.69) is 4.98 Å². The lowest BCUT2D eigenvalue weighted by Gasteiger charge is -2.18. The van der Waals surface area contributed by atoms with E-state index < -0.39 is 10.1 Å². The van der Waals surface area contributed by atoms with E-state index in [1.54, 1.807) is 12.4 Å². The van der Waals surface area contributed by atoms with Crippen LogP contribution in [0.4, 0.5) is 5.69 Å². The maximum absolute atomic E-state index is 10.5. The van der Waals surface area contributed by atoms with Crippen molar-refractivity contribution in [3.63, 3.8) is 0 Å². The standard InChI is InChI=1S/C9H14N2O3S/c1-11(7-2-8-15(12,13)14)9-3-5-10-6-4-9/h3-6H,2,7-8H2,1H3,(H,12,13,14). The zero-order chi connectivity index (χ0) is 11.3. The first kappa shape index (κ1) is 11.9. The Morgan fingerprint density at radius 2 is 2.00 bits per heavy atom. The number of rotatable bonds is 5. The van der Waals surface area contributed by atoms with Crippen molar-refractivity contribution in [1.82, 2.24) is 4.98 Å². The van der Waals surface area contributed by atoms with E-state index in [0.29, 0.717) is 13.0 Å². The predicted octanol–water partition coefficient (Wildman–Crippen LogP) is 0.796. The van der Waals surface area contributed by atoms with Gasteiger partial charge in [-0.05, 0) is 18.6 Å². The fourth-order valence-corrected chi connectivity index (χ4v) is 1.71. The van der Waals surface area contributed by atoms with E-state index in [1.165, 1.54) is 0 Å². The van der Waals surface area contributed by atoms with Gasteiger partial charge < -0.3 is 4.90 Å². The normalized spacial score (nSPS) is 11.3. The third-order valence-electron chi connectivity index (χ3n) is 2.00. The van der Waals surface area contributed by atoms with Gasteiger partial charge in [0.05, 0.1) is 5.75 Å². The highest BCUT2D eigenvalue weighted by Gasteiger charge is 2.05. The first-order valence-corrected chi connectivity index (χ1v) is 6.16. The summed E-state index contributed by atoms with van der Waals surface area (Å²) in [7, 11) is -1.98. The predicted molar refractivity (Wildman–Crippen MR) is 58.5 cm³/mol. The van der Waals surface area contributed by atoms with E-state index in [-0.39, 0.29) is 5.75 Å². The van der Waals surface area contributed by atoms with Crippen molar-refractivity contribution in [1.29, 1.82) is 0 Å². The van der Waals surface area contributed by atoms with Crippen molar-refractivity contribution >= 4 is 15.8 Å². The molecule has 0 aromatic carbocycles. The number of anilines is 1. The van der Waals surface area contributed by atoms with Gasteiger partial charge in [0.1, 0.15) is 0 Å². The number of nitrogens with zero attached hydrogens (tertiary/aromatic N) is 2. The summed E-state index contributed by atoms with van der Waals surface area (Å²) in [5.74, 6) is -0.206. The largest absolute Gasteiger partial charge is 0.374 e. The molecule has 0 aliphatic heterocycles. The summed E-state index contributed by atoms with van der Waals surface area (Å²) >= 11 is 0. The Morgan fingerprint density at radius 3 is 2.53 bits per heavy atom. The molecule has 0 aliphatic rings. The van der Waals surface area contributed by atoms with Gasteiger partial charge in [-0.3, -0.25) is 9.54 Å². The van der Waals surface area contributed by atoms with E-state index >= 15 is 0 Å². The van der Waals surface area contributed by atoms with Gasteiger partial charge in [0, 0.05) is 31.7 Å². The van der Waals surface area contributed by atoms with Gasteiger partial charge in [-0.15, -0.1) is 0 Å². The van der Waals surface area contributed by atoms with Crippen LogP contribution >= 0.6 is 0 Å². The summed E-state index contributed by atoms with van der Waals surface area (Å²) in [5.41, 5.74) is 0.973. The minimum atomic E-state index is -3.84. The van der Waals surface area contributed by atoms with Crippen LogP contribution in [0.5, 0.6) is 0 Å². The molecule has 0 saturated heterocycles. The second-order valence-corrected chi connectivity index (χ2v) is 4.84. The topological polar surface area (TPSA) is 70.5 Å². The second-order valence-electron chi connectivity index (χ2n) is 3.27. The highest BCUT2D eigenvalue weighted by atomic mass is 32.2. The van der Waals surface area contributed by atoms with Crippen LogP contribution in [-0.2, 0) is 10.1 Å². The Balaban J connectivity index is 2.41. The molecule has 0 spiro atoms. The molecule has 0 unspecified atom stereocenters. The van der Waals surface area contributed by atoms with Crippen LogP contribution in [-0.4, -0.2) is 37.3 Å². The van der Waals surface area contributed by atoms with Crippen molar-refractivity contribution in [2.24, 2.45) is 0 Å². The van der Waals surface area contributed by atoms with Crippen molar-refractivity contribution in [3.8, 4) is 0 Å². The fraction of sp³-hybridized carbons (Fsp3) is 0.444. The van der Waals surface area contributed by atoms with Crippen LogP contribution in [0.3, 0.4) is 0 Å². The minimum Gasteiger partial charge on any atom is -0.374 e. The molecular formula is C9H14N2O3S. The van der Waals surface area contributed by atoms with Crippen LogP contribution in [0.2, 0.25) is 0 Å². The minimum absolute atomic E-state index is 0.206. The number of aromatic nitrogens is 1. The van der Waals surface area contributed by atoms with Crippen molar-refractivity contribution in [2.45, 2.75) is 6.42 Å². The highest BCUT2D eigenvalue weighted by molar-refractivity contribution is 7.85. The van der Waals surface area contributed by atoms with E-state index in [4.69, 9.17) is 4.55 Å². The van der Waals surface area contributed by atoms with Gasteiger partial charge in [-0.1, -0.05) is 0 Å². The lowest BCUT2D eigenvalue weighted by atomic mass is 10.3. The van der Waals surface area contributed by atoms with E-state index in [9.17, 15) is 8.42 Å². The van der Waals surface area contributed by atoms with Crippen molar-refractivity contribution < 1.29 is 13.0 Å². The molecule has 0 atom stereocenters. The molecule has 0 amide bonds. The number of pyridine rings is 1. The van der Waals surface area contributed by atoms with Gasteiger partial charge in [0.15, 0.2) is 0 Å². The van der Waals surface area contributed by atoms with Crippen LogP contribution in [0.25, 0.3) is 0 Å². The molecule has 1 rings (SSSR count). The first-order valence-electron chi connectivity index (χ1n) is 4.55. The maximum Gasteiger partial charge on any atom is 0.264 e. The van der Waals surface area contributed by atoms with Crippen LogP contribution < -0.4 is 4.90 Å². The van der Waals surface area contributed by atoms with Crippen molar-refractivity contribution in [2.75, 3.05) is 24.2 Å². The first-order chi connectivity index (χ1) is 6.99. The lowest BCUT2D eigenvalue weighted by Crippen LogP contribution is -2.20. The average Bonchev–Trinajstić information content (AvgIpc) is 2.17. The molecule has 6 heteroatoms. The molecule has 1 aromatic rings. The summed E-state index contributed by atoms with van der Waals surface area (Å²) in [4.78, 5) is 5.79. The molecule has 0 aliphatic carbocycles. The Labute approximate surface area is 89.5 Å². The van der Waals surface area contributed by atoms with Gasteiger partial charge in [0.25, 0.3) is 10.1 Å². The molecule has 1 aromatic heterocycles. The third-order valence-corrected chi connectivity index (χ3v) is 2.80. The number of hydrogen-bond donors (Lipinski definition) is 1. The fourth-order valence-electron chi connectivity index (χ4n) is 1.21. The average molecular weight is 230 g/mol. The maximum atomic E-state index is 10.5. The van der Waals surface area contributed by atoms with Gasteiger partial charge in [-0.25, -0.2) is 0 Å². The zero-order valence-electron chi connectivity index (χ0n) is 8.50. The summed E-state index contributed by atoms with van der Waals surface area (Å²) in [5, 5.41) is 0. The van der Waals surface area contributed by atoms with Crippen molar-refractivity contribution in [3.05, 3.63) is 24.5 Å². The molecule has 0 saturated carbocycles. The molecule has 84 valence electrons. The third kappa shape index (κ3) is 4.75. The molecule has 1 heterocycles. The van der Waals surface area contributed by atoms with Crippen LogP contribution in [0.15, 0.2) is 24.5 Å². The molecule has 0 bridgehead atoms. The summed E-state index contributed by atoms with van der Waals surface area (Å²) in [6, 6.07) is 3.68. The molecule has 15 heavy (non-hydrogen) atoms. The Bertz CT molecular complexity index is 391. The number of hydrogen-bond acceptors (Lipinski definition) is 4. The zero-order valence-corrected chi connectivity index (χ0v) is 9.31. The van der Waals surface area contributed by atoms with Gasteiger partial charge >= 0.3 is 0 Å². The summed E-state index contributed by atoms with van der Waals surface area (Å²) in [6.07, 6.45) is 3.75. The van der Waals surface area contributed by atoms with E-state index in [1.807, 2.05) is 24.1 Å². The highest BCUT2D eigenvalue weighted by Crippen LogP contribution is 2.09. The molecule has 5 nitrogen and oxygen atoms in total. The molecule has 0 radical (unpaired) electrons. The quantitative estimate of drug-likeness (QED) is 0.757. The Kier molecular flexibility index (Phi) is 4.05. The van der Waals surface area contributed by atoms with Gasteiger partial charge in [-0.2, -0.15) is 8.42 Å². The smallest absolute Gasteiger partial charge is 0.264 e. The second kappa shape index (κ2) is 5.09. The summed E-state index contributed by atoms with van der Waals surface area (Å²) in [6.45, 7) is 0.573.